The Hall–Kier alpha value is -0.780. The topological polar surface area (TPSA) is 58.4 Å². The quantitative estimate of drug-likeness (QED) is 0.875. The zero-order valence-electron chi connectivity index (χ0n) is 9.59. The summed E-state index contributed by atoms with van der Waals surface area (Å²) in [5.74, 6) is 0.123. The monoisotopic (exact) mass is 281 g/mol. The van der Waals surface area contributed by atoms with Gasteiger partial charge in [0.2, 0.25) is 5.91 Å². The summed E-state index contributed by atoms with van der Waals surface area (Å²) in [5.41, 5.74) is 0.700. The Morgan fingerprint density at radius 2 is 2.41 bits per heavy atom. The van der Waals surface area contributed by atoms with Crippen LogP contribution in [-0.2, 0) is 11.2 Å². The molecule has 0 aromatic carbocycles. The maximum Gasteiger partial charge on any atom is 0.229 e. The van der Waals surface area contributed by atoms with Crippen molar-refractivity contribution in [2.45, 2.75) is 19.4 Å². The molecule has 1 aliphatic rings. The maximum absolute atomic E-state index is 11.9. The van der Waals surface area contributed by atoms with Gasteiger partial charge in [0, 0.05) is 31.7 Å². The Bertz CT molecular complexity index is 332. The third kappa shape index (κ3) is 4.18. The standard InChI is InChI=1S/C10H15N3O2.2ClH/c1-8-7-11-3-4-13(8)10(14)6-9-2-5-15-12-9;;/h2,5,8,11H,3-4,6-7H2,1H3;2*1H/t8-;;/m0../s1. The van der Waals surface area contributed by atoms with Crippen molar-refractivity contribution in [1.82, 2.24) is 15.4 Å². The Balaban J connectivity index is 0.00000128. The van der Waals surface area contributed by atoms with Crippen LogP contribution in [0.4, 0.5) is 0 Å². The van der Waals surface area contributed by atoms with Crippen LogP contribution in [0.25, 0.3) is 0 Å². The lowest BCUT2D eigenvalue weighted by Gasteiger charge is -2.33. The van der Waals surface area contributed by atoms with Gasteiger partial charge in [-0.3, -0.25) is 4.79 Å². The number of carbonyl (C=O) groups is 1. The molecule has 1 N–H and O–H groups in total. The van der Waals surface area contributed by atoms with Gasteiger partial charge in [-0.05, 0) is 6.92 Å². The number of nitrogens with one attached hydrogen (secondary N) is 1. The van der Waals surface area contributed by atoms with Crippen molar-refractivity contribution >= 4 is 30.7 Å². The smallest absolute Gasteiger partial charge is 0.229 e. The summed E-state index contributed by atoms with van der Waals surface area (Å²) in [6.45, 7) is 4.56. The van der Waals surface area contributed by atoms with Crippen LogP contribution < -0.4 is 5.32 Å². The molecule has 1 aliphatic heterocycles. The molecule has 0 saturated carbocycles. The Morgan fingerprint density at radius 3 is 3.00 bits per heavy atom. The number of amides is 1. The minimum absolute atomic E-state index is 0. The fourth-order valence-corrected chi connectivity index (χ4v) is 1.80. The minimum atomic E-state index is 0. The van der Waals surface area contributed by atoms with E-state index in [0.29, 0.717) is 12.1 Å². The maximum atomic E-state index is 11.9. The average Bonchev–Trinajstić information content (AvgIpc) is 2.71. The summed E-state index contributed by atoms with van der Waals surface area (Å²) in [6, 6.07) is 1.99. The van der Waals surface area contributed by atoms with Gasteiger partial charge in [0.15, 0.2) is 0 Å². The molecular formula is C10H17Cl2N3O2. The first-order valence-electron chi connectivity index (χ1n) is 5.17. The van der Waals surface area contributed by atoms with Crippen LogP contribution in [0.5, 0.6) is 0 Å². The predicted octanol–water partition coefficient (Wildman–Crippen LogP) is 0.881. The first-order valence-corrected chi connectivity index (χ1v) is 5.17. The number of halogens is 2. The average molecular weight is 282 g/mol. The lowest BCUT2D eigenvalue weighted by molar-refractivity contribution is -0.133. The van der Waals surface area contributed by atoms with Gasteiger partial charge in [-0.25, -0.2) is 0 Å². The molecule has 17 heavy (non-hydrogen) atoms. The molecule has 2 heterocycles. The molecule has 1 aromatic heterocycles. The Kier molecular flexibility index (Phi) is 7.18. The van der Waals surface area contributed by atoms with Crippen molar-refractivity contribution in [2.75, 3.05) is 19.6 Å². The van der Waals surface area contributed by atoms with Gasteiger partial charge in [0.1, 0.15) is 6.26 Å². The normalized spacial score (nSPS) is 19.1. The molecule has 98 valence electrons. The highest BCUT2D eigenvalue weighted by Gasteiger charge is 2.23. The van der Waals surface area contributed by atoms with Crippen LogP contribution in [-0.4, -0.2) is 41.6 Å². The van der Waals surface area contributed by atoms with Crippen molar-refractivity contribution in [3.05, 3.63) is 18.0 Å². The van der Waals surface area contributed by atoms with Crippen LogP contribution in [0.15, 0.2) is 16.9 Å². The first kappa shape index (κ1) is 16.2. The molecule has 1 aromatic rings. The number of piperazine rings is 1. The molecule has 0 aliphatic carbocycles. The van der Waals surface area contributed by atoms with E-state index < -0.39 is 0 Å². The molecule has 5 nitrogen and oxygen atoms in total. The van der Waals surface area contributed by atoms with Gasteiger partial charge in [-0.2, -0.15) is 0 Å². The summed E-state index contributed by atoms with van der Waals surface area (Å²) in [7, 11) is 0. The number of aromatic nitrogens is 1. The van der Waals surface area contributed by atoms with Crippen molar-refractivity contribution in [3.8, 4) is 0 Å². The van der Waals surface area contributed by atoms with Gasteiger partial charge in [0.25, 0.3) is 0 Å². The van der Waals surface area contributed by atoms with Crippen LogP contribution in [0.2, 0.25) is 0 Å². The number of carbonyl (C=O) groups excluding carboxylic acids is 1. The molecule has 0 bridgehead atoms. The molecule has 0 spiro atoms. The molecular weight excluding hydrogens is 265 g/mol. The largest absolute Gasteiger partial charge is 0.364 e. The van der Waals surface area contributed by atoms with Crippen LogP contribution in [0.3, 0.4) is 0 Å². The zero-order chi connectivity index (χ0) is 10.7. The van der Waals surface area contributed by atoms with Crippen LogP contribution in [0, 0.1) is 0 Å². The molecule has 2 rings (SSSR count). The van der Waals surface area contributed by atoms with Crippen molar-refractivity contribution in [1.29, 1.82) is 0 Å². The fraction of sp³-hybridized carbons (Fsp3) is 0.600. The number of hydrogen-bond donors (Lipinski definition) is 1. The van der Waals surface area contributed by atoms with Crippen molar-refractivity contribution in [2.24, 2.45) is 0 Å². The van der Waals surface area contributed by atoms with E-state index in [4.69, 9.17) is 4.52 Å². The van der Waals surface area contributed by atoms with Gasteiger partial charge >= 0.3 is 0 Å². The summed E-state index contributed by atoms with van der Waals surface area (Å²) in [5, 5.41) is 6.99. The van der Waals surface area contributed by atoms with Gasteiger partial charge < -0.3 is 14.7 Å². The lowest BCUT2D eigenvalue weighted by atomic mass is 10.2. The fourth-order valence-electron chi connectivity index (χ4n) is 1.80. The van der Waals surface area contributed by atoms with Crippen molar-refractivity contribution in [3.63, 3.8) is 0 Å². The number of nitrogens with zero attached hydrogens (tertiary/aromatic N) is 2. The molecule has 0 radical (unpaired) electrons. The van der Waals surface area contributed by atoms with Gasteiger partial charge in [-0.15, -0.1) is 24.8 Å². The SMILES string of the molecule is C[C@H]1CNCCN1C(=O)Cc1ccon1.Cl.Cl. The summed E-state index contributed by atoms with van der Waals surface area (Å²) in [4.78, 5) is 13.8. The highest BCUT2D eigenvalue weighted by Crippen LogP contribution is 2.06. The third-order valence-electron chi connectivity index (χ3n) is 2.65. The van der Waals surface area contributed by atoms with E-state index >= 15 is 0 Å². The predicted molar refractivity (Wildman–Crippen MR) is 68.7 cm³/mol. The van der Waals surface area contributed by atoms with Crippen LogP contribution in [0.1, 0.15) is 12.6 Å². The second-order valence-corrected chi connectivity index (χ2v) is 3.81. The van der Waals surface area contributed by atoms with E-state index in [-0.39, 0.29) is 36.8 Å². The molecule has 1 fully saturated rings. The summed E-state index contributed by atoms with van der Waals surface area (Å²) >= 11 is 0. The van der Waals surface area contributed by atoms with Crippen LogP contribution >= 0.6 is 24.8 Å². The number of hydrogen-bond acceptors (Lipinski definition) is 4. The molecule has 1 atom stereocenters. The Labute approximate surface area is 113 Å². The number of rotatable bonds is 2. The zero-order valence-corrected chi connectivity index (χ0v) is 11.2. The van der Waals surface area contributed by atoms with E-state index in [2.05, 4.69) is 10.5 Å². The van der Waals surface area contributed by atoms with Crippen molar-refractivity contribution < 1.29 is 9.32 Å². The van der Waals surface area contributed by atoms with E-state index in [1.54, 1.807) is 6.07 Å². The second kappa shape index (κ2) is 7.53. The second-order valence-electron chi connectivity index (χ2n) is 3.81. The highest BCUT2D eigenvalue weighted by atomic mass is 35.5. The summed E-state index contributed by atoms with van der Waals surface area (Å²) in [6.07, 6.45) is 1.82. The van der Waals surface area contributed by atoms with E-state index in [9.17, 15) is 4.79 Å². The van der Waals surface area contributed by atoms with E-state index in [1.807, 2.05) is 11.8 Å². The lowest BCUT2D eigenvalue weighted by Crippen LogP contribution is -2.52. The molecule has 1 saturated heterocycles. The van der Waals surface area contributed by atoms with Gasteiger partial charge in [-0.1, -0.05) is 5.16 Å². The molecule has 1 amide bonds. The minimum Gasteiger partial charge on any atom is -0.364 e. The van der Waals surface area contributed by atoms with Gasteiger partial charge in [0.05, 0.1) is 12.1 Å². The first-order chi connectivity index (χ1) is 7.27. The van der Waals surface area contributed by atoms with E-state index in [1.165, 1.54) is 6.26 Å². The summed E-state index contributed by atoms with van der Waals surface area (Å²) < 4.78 is 4.70. The molecule has 7 heteroatoms. The third-order valence-corrected chi connectivity index (χ3v) is 2.65. The highest BCUT2D eigenvalue weighted by molar-refractivity contribution is 5.85. The van der Waals surface area contributed by atoms with E-state index in [0.717, 1.165) is 19.6 Å². The molecule has 0 unspecified atom stereocenters. The Morgan fingerprint density at radius 1 is 1.65 bits per heavy atom.